The van der Waals surface area contributed by atoms with Crippen molar-refractivity contribution >= 4 is 17.4 Å². The molecule has 1 saturated heterocycles. The van der Waals surface area contributed by atoms with E-state index in [1.165, 1.54) is 24.3 Å². The van der Waals surface area contributed by atoms with Crippen LogP contribution < -0.4 is 9.64 Å². The van der Waals surface area contributed by atoms with Crippen LogP contribution in [0.1, 0.15) is 0 Å². The molecule has 1 aliphatic rings. The van der Waals surface area contributed by atoms with Gasteiger partial charge in [0.2, 0.25) is 0 Å². The van der Waals surface area contributed by atoms with Gasteiger partial charge in [0.25, 0.3) is 11.6 Å². The van der Waals surface area contributed by atoms with Crippen LogP contribution in [0.5, 0.6) is 5.75 Å². The van der Waals surface area contributed by atoms with Crippen molar-refractivity contribution in [3.8, 4) is 5.75 Å². The summed E-state index contributed by atoms with van der Waals surface area (Å²) in [4.78, 5) is 30.6. The number of hydrogen-bond acceptors (Lipinski definition) is 6. The minimum absolute atomic E-state index is 0.00989. The molecular formula is C17H18N4O4. The summed E-state index contributed by atoms with van der Waals surface area (Å²) in [7, 11) is 0. The minimum atomic E-state index is -0.476. The van der Waals surface area contributed by atoms with Gasteiger partial charge in [0, 0.05) is 44.5 Å². The van der Waals surface area contributed by atoms with Crippen LogP contribution in [-0.2, 0) is 4.79 Å². The van der Waals surface area contributed by atoms with Gasteiger partial charge in [-0.1, -0.05) is 6.07 Å². The van der Waals surface area contributed by atoms with Gasteiger partial charge in [-0.2, -0.15) is 0 Å². The molecule has 1 amide bonds. The Morgan fingerprint density at radius 3 is 2.44 bits per heavy atom. The van der Waals surface area contributed by atoms with Crippen LogP contribution in [0.3, 0.4) is 0 Å². The summed E-state index contributed by atoms with van der Waals surface area (Å²) in [5.41, 5.74) is -0.00989. The van der Waals surface area contributed by atoms with Gasteiger partial charge in [-0.25, -0.2) is 4.98 Å². The number of nitro groups is 1. The number of benzene rings is 1. The predicted molar refractivity (Wildman–Crippen MR) is 91.6 cm³/mol. The second-order valence-electron chi connectivity index (χ2n) is 5.60. The molecule has 2 aromatic rings. The number of amides is 1. The highest BCUT2D eigenvalue weighted by Gasteiger charge is 2.22. The van der Waals surface area contributed by atoms with Gasteiger partial charge in [0.05, 0.1) is 4.92 Å². The highest BCUT2D eigenvalue weighted by Crippen LogP contribution is 2.17. The van der Waals surface area contributed by atoms with Gasteiger partial charge in [0.15, 0.2) is 6.61 Å². The Kier molecular flexibility index (Phi) is 5.08. The lowest BCUT2D eigenvalue weighted by Gasteiger charge is -2.35. The van der Waals surface area contributed by atoms with E-state index in [9.17, 15) is 14.9 Å². The summed E-state index contributed by atoms with van der Waals surface area (Å²) >= 11 is 0. The first-order valence-electron chi connectivity index (χ1n) is 7.94. The third-order valence-electron chi connectivity index (χ3n) is 4.02. The van der Waals surface area contributed by atoms with Gasteiger partial charge >= 0.3 is 0 Å². The number of rotatable bonds is 5. The first-order chi connectivity index (χ1) is 12.1. The largest absolute Gasteiger partial charge is 0.484 e. The topological polar surface area (TPSA) is 88.8 Å². The van der Waals surface area contributed by atoms with E-state index in [1.807, 2.05) is 18.2 Å². The first-order valence-corrected chi connectivity index (χ1v) is 7.94. The van der Waals surface area contributed by atoms with Crippen molar-refractivity contribution in [3.05, 3.63) is 58.8 Å². The van der Waals surface area contributed by atoms with Gasteiger partial charge < -0.3 is 14.5 Å². The zero-order chi connectivity index (χ0) is 17.6. The summed E-state index contributed by atoms with van der Waals surface area (Å²) in [6.07, 6.45) is 1.75. The van der Waals surface area contributed by atoms with Crippen molar-refractivity contribution in [3.63, 3.8) is 0 Å². The fraction of sp³-hybridized carbons (Fsp3) is 0.294. The van der Waals surface area contributed by atoms with Crippen LogP contribution in [-0.4, -0.2) is 53.5 Å². The van der Waals surface area contributed by atoms with E-state index in [-0.39, 0.29) is 18.2 Å². The molecular weight excluding hydrogens is 324 g/mol. The third kappa shape index (κ3) is 4.23. The number of pyridine rings is 1. The minimum Gasteiger partial charge on any atom is -0.484 e. The van der Waals surface area contributed by atoms with Crippen LogP contribution in [0.15, 0.2) is 48.7 Å². The van der Waals surface area contributed by atoms with Crippen molar-refractivity contribution in [1.82, 2.24) is 9.88 Å². The zero-order valence-corrected chi connectivity index (χ0v) is 13.6. The number of nitrogens with zero attached hydrogens (tertiary/aromatic N) is 4. The van der Waals surface area contributed by atoms with E-state index in [2.05, 4.69) is 9.88 Å². The molecule has 130 valence electrons. The van der Waals surface area contributed by atoms with E-state index in [0.717, 1.165) is 18.9 Å². The highest BCUT2D eigenvalue weighted by atomic mass is 16.6. The summed E-state index contributed by atoms with van der Waals surface area (Å²) in [5, 5.41) is 10.6. The quantitative estimate of drug-likeness (QED) is 0.607. The number of ether oxygens (including phenoxy) is 1. The van der Waals surface area contributed by atoms with Crippen molar-refractivity contribution < 1.29 is 14.5 Å². The number of aromatic nitrogens is 1. The molecule has 2 heterocycles. The smallest absolute Gasteiger partial charge is 0.269 e. The van der Waals surface area contributed by atoms with E-state index in [1.54, 1.807) is 11.1 Å². The third-order valence-corrected chi connectivity index (χ3v) is 4.02. The van der Waals surface area contributed by atoms with E-state index < -0.39 is 4.92 Å². The van der Waals surface area contributed by atoms with Gasteiger partial charge in [-0.05, 0) is 24.3 Å². The molecule has 0 bridgehead atoms. The zero-order valence-electron chi connectivity index (χ0n) is 13.6. The van der Waals surface area contributed by atoms with E-state index in [4.69, 9.17) is 4.74 Å². The van der Waals surface area contributed by atoms with Crippen molar-refractivity contribution in [2.75, 3.05) is 37.7 Å². The monoisotopic (exact) mass is 342 g/mol. The summed E-state index contributed by atoms with van der Waals surface area (Å²) in [6, 6.07) is 11.5. The second-order valence-corrected chi connectivity index (χ2v) is 5.60. The average molecular weight is 342 g/mol. The second kappa shape index (κ2) is 7.61. The van der Waals surface area contributed by atoms with Crippen LogP contribution in [0.25, 0.3) is 0 Å². The molecule has 8 nitrogen and oxygen atoms in total. The van der Waals surface area contributed by atoms with Gasteiger partial charge in [0.1, 0.15) is 11.6 Å². The van der Waals surface area contributed by atoms with Crippen molar-refractivity contribution in [2.45, 2.75) is 0 Å². The van der Waals surface area contributed by atoms with Crippen molar-refractivity contribution in [2.24, 2.45) is 0 Å². The Hall–Kier alpha value is -3.16. The molecule has 0 saturated carbocycles. The number of nitro benzene ring substituents is 1. The predicted octanol–water partition coefficient (Wildman–Crippen LogP) is 1.72. The molecule has 0 radical (unpaired) electrons. The molecule has 25 heavy (non-hydrogen) atoms. The molecule has 1 aliphatic heterocycles. The van der Waals surface area contributed by atoms with E-state index in [0.29, 0.717) is 18.8 Å². The number of piperazine rings is 1. The molecule has 0 spiro atoms. The SMILES string of the molecule is O=C(COc1ccc([N+](=O)[O-])cc1)N1CCN(c2ccccn2)CC1. The molecule has 1 fully saturated rings. The molecule has 8 heteroatoms. The van der Waals surface area contributed by atoms with Crippen molar-refractivity contribution in [1.29, 1.82) is 0 Å². The number of carbonyl (C=O) groups is 1. The highest BCUT2D eigenvalue weighted by molar-refractivity contribution is 5.78. The van der Waals surface area contributed by atoms with Gasteiger partial charge in [-0.15, -0.1) is 0 Å². The maximum absolute atomic E-state index is 12.2. The normalized spacial score (nSPS) is 14.2. The van der Waals surface area contributed by atoms with Crippen LogP contribution in [0.2, 0.25) is 0 Å². The Balaban J connectivity index is 1.47. The molecule has 1 aromatic heterocycles. The summed E-state index contributed by atoms with van der Waals surface area (Å²) in [6.45, 7) is 2.58. The lowest BCUT2D eigenvalue weighted by Crippen LogP contribution is -2.50. The lowest BCUT2D eigenvalue weighted by molar-refractivity contribution is -0.384. The Bertz CT molecular complexity index is 728. The molecule has 0 N–H and O–H groups in total. The van der Waals surface area contributed by atoms with Crippen LogP contribution in [0.4, 0.5) is 11.5 Å². The molecule has 0 aliphatic carbocycles. The number of anilines is 1. The average Bonchev–Trinajstić information content (AvgIpc) is 2.67. The Labute approximate surface area is 144 Å². The number of hydrogen-bond donors (Lipinski definition) is 0. The van der Waals surface area contributed by atoms with E-state index >= 15 is 0 Å². The summed E-state index contributed by atoms with van der Waals surface area (Å²) < 4.78 is 5.43. The molecule has 0 atom stereocenters. The Morgan fingerprint density at radius 2 is 1.84 bits per heavy atom. The molecule has 3 rings (SSSR count). The standard InChI is InChI=1S/C17H18N4O4/c22-17(13-25-15-6-4-14(5-7-15)21(23)24)20-11-9-19(10-12-20)16-3-1-2-8-18-16/h1-8H,9-13H2. The first kappa shape index (κ1) is 16.7. The maximum atomic E-state index is 12.2. The molecule has 0 unspecified atom stereocenters. The fourth-order valence-corrected chi connectivity index (χ4v) is 2.63. The van der Waals surface area contributed by atoms with Gasteiger partial charge in [-0.3, -0.25) is 14.9 Å². The lowest BCUT2D eigenvalue weighted by atomic mass is 10.3. The van der Waals surface area contributed by atoms with Crippen LogP contribution >= 0.6 is 0 Å². The van der Waals surface area contributed by atoms with Crippen LogP contribution in [0, 0.1) is 10.1 Å². The summed E-state index contributed by atoms with van der Waals surface area (Å²) in [5.74, 6) is 1.25. The fourth-order valence-electron chi connectivity index (χ4n) is 2.63. The maximum Gasteiger partial charge on any atom is 0.269 e. The number of non-ortho nitro benzene ring substituents is 1. The molecule has 1 aromatic carbocycles. The Morgan fingerprint density at radius 1 is 1.12 bits per heavy atom. The number of carbonyl (C=O) groups excluding carboxylic acids is 1.